The number of nitrogens with zero attached hydrogens (tertiary/aromatic N) is 2. The van der Waals surface area contributed by atoms with Gasteiger partial charge in [-0.15, -0.1) is 0 Å². The second kappa shape index (κ2) is 10.3. The minimum Gasteiger partial charge on any atom is -0.495 e. The van der Waals surface area contributed by atoms with E-state index in [1.807, 2.05) is 50.4 Å². The van der Waals surface area contributed by atoms with E-state index in [-0.39, 0.29) is 5.91 Å². The van der Waals surface area contributed by atoms with Gasteiger partial charge in [0.1, 0.15) is 11.8 Å². The predicted molar refractivity (Wildman–Crippen MR) is 122 cm³/mol. The van der Waals surface area contributed by atoms with Crippen LogP contribution in [0.4, 0.5) is 11.4 Å². The van der Waals surface area contributed by atoms with Crippen molar-refractivity contribution in [1.29, 1.82) is 0 Å². The average Bonchev–Trinajstić information content (AvgIpc) is 2.70. The molecule has 2 rings (SSSR count). The molecule has 0 aliphatic carbocycles. The Morgan fingerprint density at radius 1 is 1.17 bits per heavy atom. The summed E-state index contributed by atoms with van der Waals surface area (Å²) in [5.74, 6) is 0.0431. The third kappa shape index (κ3) is 6.13. The van der Waals surface area contributed by atoms with Crippen molar-refractivity contribution in [3.8, 4) is 5.75 Å². The molecule has 0 fully saturated rings. The van der Waals surface area contributed by atoms with Gasteiger partial charge in [-0.3, -0.25) is 9.10 Å². The number of sulfonamides is 1. The minimum absolute atomic E-state index is 0.353. The molecule has 0 bridgehead atoms. The van der Waals surface area contributed by atoms with Crippen molar-refractivity contribution in [1.82, 2.24) is 5.32 Å². The molecule has 0 unspecified atom stereocenters. The maximum absolute atomic E-state index is 12.7. The molecule has 0 saturated heterocycles. The lowest BCUT2D eigenvalue weighted by Gasteiger charge is -2.29. The van der Waals surface area contributed by atoms with Gasteiger partial charge in [0.25, 0.3) is 0 Å². The van der Waals surface area contributed by atoms with Crippen LogP contribution >= 0.6 is 0 Å². The quantitative estimate of drug-likeness (QED) is 0.583. The molecule has 2 aromatic rings. The number of methoxy groups -OCH3 is 1. The molecule has 7 nitrogen and oxygen atoms in total. The van der Waals surface area contributed by atoms with Crippen LogP contribution in [-0.4, -0.2) is 53.9 Å². The third-order valence-electron chi connectivity index (χ3n) is 4.83. The summed E-state index contributed by atoms with van der Waals surface area (Å²) in [5.41, 5.74) is 2.33. The molecule has 0 aliphatic rings. The maximum atomic E-state index is 12.7. The SMILES string of the molecule is COc1ccc(C)cc1N([C@H](C)C(=O)NCCCN(C)c1ccccc1)S(C)(=O)=O. The van der Waals surface area contributed by atoms with Crippen molar-refractivity contribution < 1.29 is 17.9 Å². The topological polar surface area (TPSA) is 79.0 Å². The Labute approximate surface area is 179 Å². The summed E-state index contributed by atoms with van der Waals surface area (Å²) in [6, 6.07) is 14.3. The van der Waals surface area contributed by atoms with Crippen LogP contribution in [0.3, 0.4) is 0 Å². The lowest BCUT2D eigenvalue weighted by Crippen LogP contribution is -2.48. The fourth-order valence-corrected chi connectivity index (χ4v) is 4.41. The number of amides is 1. The number of ether oxygens (including phenoxy) is 1. The first-order chi connectivity index (χ1) is 14.1. The van der Waals surface area contributed by atoms with Gasteiger partial charge in [-0.05, 0) is 50.1 Å². The van der Waals surface area contributed by atoms with E-state index in [0.717, 1.165) is 34.8 Å². The van der Waals surface area contributed by atoms with E-state index in [4.69, 9.17) is 4.74 Å². The largest absolute Gasteiger partial charge is 0.495 e. The Morgan fingerprint density at radius 2 is 1.83 bits per heavy atom. The van der Waals surface area contributed by atoms with E-state index < -0.39 is 16.1 Å². The van der Waals surface area contributed by atoms with Gasteiger partial charge in [0.2, 0.25) is 15.9 Å². The summed E-state index contributed by atoms with van der Waals surface area (Å²) in [7, 11) is -0.237. The molecule has 1 amide bonds. The zero-order valence-electron chi connectivity index (χ0n) is 18.3. The minimum atomic E-state index is -3.71. The smallest absolute Gasteiger partial charge is 0.243 e. The Hall–Kier alpha value is -2.74. The maximum Gasteiger partial charge on any atom is 0.243 e. The third-order valence-corrected chi connectivity index (χ3v) is 6.05. The summed E-state index contributed by atoms with van der Waals surface area (Å²) in [6.45, 7) is 4.65. The number of para-hydroxylation sites is 1. The van der Waals surface area contributed by atoms with Gasteiger partial charge in [-0.2, -0.15) is 0 Å². The van der Waals surface area contributed by atoms with Gasteiger partial charge in [0, 0.05) is 25.8 Å². The number of hydrogen-bond acceptors (Lipinski definition) is 5. The molecule has 0 aromatic heterocycles. The predicted octanol–water partition coefficient (Wildman–Crippen LogP) is 2.80. The number of aryl methyl sites for hydroxylation is 1. The Balaban J connectivity index is 2.04. The summed E-state index contributed by atoms with van der Waals surface area (Å²) < 4.78 is 31.5. The van der Waals surface area contributed by atoms with Gasteiger partial charge >= 0.3 is 0 Å². The molecule has 0 spiro atoms. The number of carbonyl (C=O) groups excluding carboxylic acids is 1. The molecule has 2 aromatic carbocycles. The van der Waals surface area contributed by atoms with Crippen LogP contribution in [0.25, 0.3) is 0 Å². The zero-order chi connectivity index (χ0) is 22.3. The van der Waals surface area contributed by atoms with E-state index >= 15 is 0 Å². The summed E-state index contributed by atoms with van der Waals surface area (Å²) >= 11 is 0. The molecule has 8 heteroatoms. The Morgan fingerprint density at radius 3 is 2.43 bits per heavy atom. The number of nitrogens with one attached hydrogen (secondary N) is 1. The molecule has 0 heterocycles. The highest BCUT2D eigenvalue weighted by Gasteiger charge is 2.31. The average molecular weight is 434 g/mol. The zero-order valence-corrected chi connectivity index (χ0v) is 19.1. The molecule has 30 heavy (non-hydrogen) atoms. The monoisotopic (exact) mass is 433 g/mol. The van der Waals surface area contributed by atoms with Gasteiger partial charge in [-0.25, -0.2) is 8.42 Å². The lowest BCUT2D eigenvalue weighted by atomic mass is 10.2. The molecule has 164 valence electrons. The number of hydrogen-bond donors (Lipinski definition) is 1. The van der Waals surface area contributed by atoms with Crippen LogP contribution in [0.1, 0.15) is 18.9 Å². The van der Waals surface area contributed by atoms with Crippen LogP contribution in [0.5, 0.6) is 5.75 Å². The molecular formula is C22H31N3O4S. The van der Waals surface area contributed by atoms with Crippen molar-refractivity contribution >= 4 is 27.3 Å². The van der Waals surface area contributed by atoms with Crippen LogP contribution in [0.2, 0.25) is 0 Å². The van der Waals surface area contributed by atoms with E-state index in [9.17, 15) is 13.2 Å². The second-order valence-corrected chi connectivity index (χ2v) is 9.17. The van der Waals surface area contributed by atoms with Crippen LogP contribution in [-0.2, 0) is 14.8 Å². The molecule has 0 saturated carbocycles. The number of anilines is 2. The van der Waals surface area contributed by atoms with E-state index in [0.29, 0.717) is 18.0 Å². The van der Waals surface area contributed by atoms with Gasteiger partial charge in [-0.1, -0.05) is 24.3 Å². The van der Waals surface area contributed by atoms with Crippen molar-refractivity contribution in [3.63, 3.8) is 0 Å². The van der Waals surface area contributed by atoms with Gasteiger partial charge in [0.15, 0.2) is 0 Å². The first-order valence-corrected chi connectivity index (χ1v) is 11.7. The van der Waals surface area contributed by atoms with Gasteiger partial charge in [0.05, 0.1) is 19.1 Å². The van der Waals surface area contributed by atoms with E-state index in [1.165, 1.54) is 7.11 Å². The molecule has 0 aliphatic heterocycles. The number of benzene rings is 2. The highest BCUT2D eigenvalue weighted by atomic mass is 32.2. The Bertz CT molecular complexity index is 948. The summed E-state index contributed by atoms with van der Waals surface area (Å²) in [4.78, 5) is 14.8. The van der Waals surface area contributed by atoms with Crippen LogP contribution in [0.15, 0.2) is 48.5 Å². The molecule has 1 atom stereocenters. The fourth-order valence-electron chi connectivity index (χ4n) is 3.24. The highest BCUT2D eigenvalue weighted by Crippen LogP contribution is 2.32. The van der Waals surface area contributed by atoms with Crippen molar-refractivity contribution in [2.45, 2.75) is 26.3 Å². The fraction of sp³-hybridized carbons (Fsp3) is 0.409. The van der Waals surface area contributed by atoms with Crippen molar-refractivity contribution in [2.24, 2.45) is 0 Å². The second-order valence-electron chi connectivity index (χ2n) is 7.31. The van der Waals surface area contributed by atoms with E-state index in [2.05, 4.69) is 10.2 Å². The normalized spacial score (nSPS) is 12.2. The number of rotatable bonds is 10. The molecule has 1 N–H and O–H groups in total. The van der Waals surface area contributed by atoms with Crippen LogP contribution in [0, 0.1) is 6.92 Å². The first kappa shape index (κ1) is 23.5. The summed E-state index contributed by atoms with van der Waals surface area (Å²) in [6.07, 6.45) is 1.82. The van der Waals surface area contributed by atoms with Crippen molar-refractivity contribution in [3.05, 3.63) is 54.1 Å². The summed E-state index contributed by atoms with van der Waals surface area (Å²) in [5, 5.41) is 2.85. The highest BCUT2D eigenvalue weighted by molar-refractivity contribution is 7.92. The van der Waals surface area contributed by atoms with Gasteiger partial charge < -0.3 is 15.0 Å². The first-order valence-electron chi connectivity index (χ1n) is 9.83. The standard InChI is InChI=1S/C22H31N3O4S/c1-17-12-13-21(29-4)20(16-17)25(30(5,27)28)18(2)22(26)23-14-9-15-24(3)19-10-7-6-8-11-19/h6-8,10-13,16,18H,9,14-15H2,1-5H3,(H,23,26)/t18-/m1/s1. The Kier molecular flexibility index (Phi) is 8.11. The van der Waals surface area contributed by atoms with Crippen molar-refractivity contribution in [2.75, 3.05) is 42.7 Å². The lowest BCUT2D eigenvalue weighted by molar-refractivity contribution is -0.121. The molecular weight excluding hydrogens is 402 g/mol. The van der Waals surface area contributed by atoms with Crippen LogP contribution < -0.4 is 19.3 Å². The number of carbonyl (C=O) groups is 1. The van der Waals surface area contributed by atoms with E-state index in [1.54, 1.807) is 19.1 Å². The molecule has 0 radical (unpaired) electrons.